The minimum absolute atomic E-state index is 0.392. The molecule has 0 fully saturated rings. The van der Waals surface area contributed by atoms with E-state index in [1.165, 1.54) is 6.07 Å². The number of hydrogen-bond donors (Lipinski definition) is 1. The van der Waals surface area contributed by atoms with E-state index >= 15 is 0 Å². The van der Waals surface area contributed by atoms with Gasteiger partial charge in [-0.15, -0.1) is 0 Å². The highest BCUT2D eigenvalue weighted by Crippen LogP contribution is 2.21. The number of H-pyrrole nitrogens is 1. The third-order valence-corrected chi connectivity index (χ3v) is 2.72. The molecule has 3 aromatic heterocycles. The summed E-state index contributed by atoms with van der Waals surface area (Å²) < 4.78 is 13.9. The molecule has 0 radical (unpaired) electrons. The predicted octanol–water partition coefficient (Wildman–Crippen LogP) is 2.92. The number of hydrogen-bond acceptors (Lipinski definition) is 3. The minimum atomic E-state index is -0.392. The van der Waals surface area contributed by atoms with E-state index in [2.05, 4.69) is 35.9 Å². The Bertz CT molecular complexity index is 695. The molecule has 4 nitrogen and oxygen atoms in total. The van der Waals surface area contributed by atoms with Crippen LogP contribution < -0.4 is 0 Å². The first-order valence-corrected chi connectivity index (χ1v) is 5.64. The molecule has 3 rings (SSSR count). The zero-order valence-electron chi connectivity index (χ0n) is 8.48. The molecule has 84 valence electrons. The summed E-state index contributed by atoms with van der Waals surface area (Å²) in [5.74, 6) is 0.162. The van der Waals surface area contributed by atoms with Gasteiger partial charge in [-0.2, -0.15) is 0 Å². The van der Waals surface area contributed by atoms with Gasteiger partial charge in [-0.05, 0) is 28.1 Å². The lowest BCUT2D eigenvalue weighted by atomic mass is 10.3. The Morgan fingerprint density at radius 1 is 1.18 bits per heavy atom. The number of imidazole rings is 1. The van der Waals surface area contributed by atoms with Crippen LogP contribution in [0.15, 0.2) is 35.2 Å². The van der Waals surface area contributed by atoms with Gasteiger partial charge in [-0.25, -0.2) is 14.4 Å². The smallest absolute Gasteiger partial charge is 0.178 e. The van der Waals surface area contributed by atoms with Crippen molar-refractivity contribution in [3.63, 3.8) is 0 Å². The van der Waals surface area contributed by atoms with Crippen molar-refractivity contribution in [3.05, 3.63) is 41.0 Å². The SMILES string of the molecule is Fc1cncc(-c2nc3ncc(Br)cc3[nH]2)c1. The molecular weight excluding hydrogens is 287 g/mol. The van der Waals surface area contributed by atoms with E-state index in [9.17, 15) is 4.39 Å². The van der Waals surface area contributed by atoms with Gasteiger partial charge in [-0.1, -0.05) is 0 Å². The van der Waals surface area contributed by atoms with Crippen LogP contribution in [0, 0.1) is 5.82 Å². The Balaban J connectivity index is 2.18. The summed E-state index contributed by atoms with van der Waals surface area (Å²) in [5.41, 5.74) is 1.98. The molecule has 1 N–H and O–H groups in total. The van der Waals surface area contributed by atoms with Crippen molar-refractivity contribution in [2.24, 2.45) is 0 Å². The Morgan fingerprint density at radius 3 is 2.88 bits per heavy atom. The van der Waals surface area contributed by atoms with Crippen LogP contribution in [-0.2, 0) is 0 Å². The summed E-state index contributed by atoms with van der Waals surface area (Å²) in [6.07, 6.45) is 4.37. The Morgan fingerprint density at radius 2 is 2.06 bits per heavy atom. The summed E-state index contributed by atoms with van der Waals surface area (Å²) in [6.45, 7) is 0. The first-order chi connectivity index (χ1) is 8.22. The van der Waals surface area contributed by atoms with Gasteiger partial charge in [0.25, 0.3) is 0 Å². The average molecular weight is 293 g/mol. The molecule has 0 bridgehead atoms. The van der Waals surface area contributed by atoms with Crippen molar-refractivity contribution in [1.29, 1.82) is 0 Å². The van der Waals surface area contributed by atoms with E-state index < -0.39 is 5.82 Å². The number of halogens is 2. The summed E-state index contributed by atoms with van der Waals surface area (Å²) in [7, 11) is 0. The van der Waals surface area contributed by atoms with Crippen LogP contribution in [-0.4, -0.2) is 19.9 Å². The number of aromatic amines is 1. The molecule has 0 aliphatic carbocycles. The molecule has 0 atom stereocenters. The van der Waals surface area contributed by atoms with Crippen molar-refractivity contribution in [2.45, 2.75) is 0 Å². The highest BCUT2D eigenvalue weighted by molar-refractivity contribution is 9.10. The van der Waals surface area contributed by atoms with Crippen LogP contribution in [0.1, 0.15) is 0 Å². The van der Waals surface area contributed by atoms with Crippen LogP contribution in [0.4, 0.5) is 4.39 Å². The molecule has 0 aromatic carbocycles. The molecule has 0 aliphatic heterocycles. The Kier molecular flexibility index (Phi) is 2.36. The normalized spacial score (nSPS) is 10.9. The Hall–Kier alpha value is -1.82. The largest absolute Gasteiger partial charge is 0.336 e. The first-order valence-electron chi connectivity index (χ1n) is 4.84. The Labute approximate surface area is 104 Å². The molecule has 0 spiro atoms. The van der Waals surface area contributed by atoms with Gasteiger partial charge in [0, 0.05) is 22.4 Å². The molecule has 0 saturated heterocycles. The summed E-state index contributed by atoms with van der Waals surface area (Å²) >= 11 is 3.33. The van der Waals surface area contributed by atoms with Gasteiger partial charge in [0.15, 0.2) is 5.65 Å². The molecular formula is C11H6BrFN4. The summed E-state index contributed by atoms with van der Waals surface area (Å²) in [5, 5.41) is 0. The summed E-state index contributed by atoms with van der Waals surface area (Å²) in [4.78, 5) is 15.3. The van der Waals surface area contributed by atoms with Crippen LogP contribution >= 0.6 is 15.9 Å². The van der Waals surface area contributed by atoms with Crippen LogP contribution in [0.2, 0.25) is 0 Å². The number of rotatable bonds is 1. The number of fused-ring (bicyclic) bond motifs is 1. The maximum atomic E-state index is 13.0. The zero-order valence-corrected chi connectivity index (χ0v) is 10.1. The van der Waals surface area contributed by atoms with Crippen molar-refractivity contribution in [2.75, 3.05) is 0 Å². The zero-order chi connectivity index (χ0) is 11.8. The number of nitrogens with one attached hydrogen (secondary N) is 1. The molecule has 17 heavy (non-hydrogen) atoms. The van der Waals surface area contributed by atoms with Crippen molar-refractivity contribution in [1.82, 2.24) is 19.9 Å². The van der Waals surface area contributed by atoms with Gasteiger partial charge in [0.05, 0.1) is 11.7 Å². The number of aromatic nitrogens is 4. The maximum Gasteiger partial charge on any atom is 0.178 e. The third kappa shape index (κ3) is 1.91. The minimum Gasteiger partial charge on any atom is -0.336 e. The quantitative estimate of drug-likeness (QED) is 0.750. The van der Waals surface area contributed by atoms with Crippen LogP contribution in [0.25, 0.3) is 22.6 Å². The van der Waals surface area contributed by atoms with E-state index in [4.69, 9.17) is 0 Å². The van der Waals surface area contributed by atoms with E-state index in [0.29, 0.717) is 17.0 Å². The van der Waals surface area contributed by atoms with Gasteiger partial charge >= 0.3 is 0 Å². The number of nitrogens with zero attached hydrogens (tertiary/aromatic N) is 3. The molecule has 0 saturated carbocycles. The molecule has 0 aliphatic rings. The van der Waals surface area contributed by atoms with Crippen molar-refractivity contribution >= 4 is 27.1 Å². The standard InChI is InChI=1S/C11H6BrFN4/c12-7-2-9-11(15-4-7)17-10(16-9)6-1-8(13)5-14-3-6/h1-5H,(H,15,16,17). The second-order valence-corrected chi connectivity index (χ2v) is 4.42. The molecule has 3 aromatic rings. The lowest BCUT2D eigenvalue weighted by Crippen LogP contribution is -1.84. The lowest BCUT2D eigenvalue weighted by Gasteiger charge is -1.94. The van der Waals surface area contributed by atoms with Crippen molar-refractivity contribution in [3.8, 4) is 11.4 Å². The highest BCUT2D eigenvalue weighted by Gasteiger charge is 2.07. The summed E-state index contributed by atoms with van der Waals surface area (Å²) in [6, 6.07) is 3.24. The second kappa shape index (κ2) is 3.89. The monoisotopic (exact) mass is 292 g/mol. The lowest BCUT2D eigenvalue weighted by molar-refractivity contribution is 0.622. The van der Waals surface area contributed by atoms with Gasteiger partial charge in [0.1, 0.15) is 11.6 Å². The van der Waals surface area contributed by atoms with Gasteiger partial charge in [-0.3, -0.25) is 4.98 Å². The van der Waals surface area contributed by atoms with E-state index in [-0.39, 0.29) is 0 Å². The van der Waals surface area contributed by atoms with Crippen LogP contribution in [0.5, 0.6) is 0 Å². The predicted molar refractivity (Wildman–Crippen MR) is 64.8 cm³/mol. The molecule has 0 amide bonds. The van der Waals surface area contributed by atoms with Crippen molar-refractivity contribution < 1.29 is 4.39 Å². The van der Waals surface area contributed by atoms with Gasteiger partial charge in [0.2, 0.25) is 0 Å². The highest BCUT2D eigenvalue weighted by atomic mass is 79.9. The molecule has 3 heterocycles. The molecule has 0 unspecified atom stereocenters. The fraction of sp³-hybridized carbons (Fsp3) is 0. The fourth-order valence-corrected chi connectivity index (χ4v) is 1.88. The topological polar surface area (TPSA) is 54.5 Å². The number of pyridine rings is 2. The second-order valence-electron chi connectivity index (χ2n) is 3.50. The van der Waals surface area contributed by atoms with E-state index in [1.807, 2.05) is 6.07 Å². The van der Waals surface area contributed by atoms with E-state index in [1.54, 1.807) is 12.4 Å². The average Bonchev–Trinajstić information content (AvgIpc) is 2.72. The first kappa shape index (κ1) is 10.3. The third-order valence-electron chi connectivity index (χ3n) is 2.28. The van der Waals surface area contributed by atoms with E-state index in [0.717, 1.165) is 16.2 Å². The molecule has 6 heteroatoms. The van der Waals surface area contributed by atoms with Crippen LogP contribution in [0.3, 0.4) is 0 Å². The fourth-order valence-electron chi connectivity index (χ4n) is 1.55. The van der Waals surface area contributed by atoms with Gasteiger partial charge < -0.3 is 4.98 Å². The maximum absolute atomic E-state index is 13.0.